The number of aliphatic hydroxyl groups excluding tert-OH is 1. The van der Waals surface area contributed by atoms with Gasteiger partial charge < -0.3 is 14.1 Å². The van der Waals surface area contributed by atoms with E-state index < -0.39 is 10.1 Å². The van der Waals surface area contributed by atoms with Gasteiger partial charge in [0.25, 0.3) is 0 Å². The van der Waals surface area contributed by atoms with Crippen LogP contribution >= 0.6 is 0 Å². The van der Waals surface area contributed by atoms with Crippen LogP contribution in [0.25, 0.3) is 0 Å². The number of rotatable bonds is 13. The first-order chi connectivity index (χ1) is 10.6. The number of quaternary nitrogens is 1. The quantitative estimate of drug-likeness (QED) is 0.313. The first kappa shape index (κ1) is 25.1. The topological polar surface area (TPSA) is 77.4 Å². The molecule has 0 aliphatic heterocycles. The van der Waals surface area contributed by atoms with Crippen molar-refractivity contribution in [1.29, 1.82) is 0 Å². The highest BCUT2D eigenvalue weighted by Crippen LogP contribution is 2.10. The monoisotopic (exact) mass is 353 g/mol. The number of hydrogen-bond acceptors (Lipinski definition) is 4. The number of hydrogen-bond donors (Lipinski definition) is 1. The smallest absolute Gasteiger partial charge is 0.101 e. The summed E-state index contributed by atoms with van der Waals surface area (Å²) >= 11 is 0. The van der Waals surface area contributed by atoms with Crippen molar-refractivity contribution in [2.45, 2.75) is 71.1 Å². The van der Waals surface area contributed by atoms with Gasteiger partial charge in [0.15, 0.2) is 0 Å². The van der Waals surface area contributed by atoms with E-state index in [1.165, 1.54) is 44.9 Å². The molecule has 142 valence electrons. The van der Waals surface area contributed by atoms with Crippen molar-refractivity contribution in [3.63, 3.8) is 0 Å². The van der Waals surface area contributed by atoms with Gasteiger partial charge in [-0.25, -0.2) is 8.42 Å². The van der Waals surface area contributed by atoms with Gasteiger partial charge >= 0.3 is 0 Å². The van der Waals surface area contributed by atoms with Crippen LogP contribution in [-0.2, 0) is 10.1 Å². The van der Waals surface area contributed by atoms with Crippen LogP contribution < -0.4 is 0 Å². The van der Waals surface area contributed by atoms with E-state index in [2.05, 4.69) is 28.1 Å². The van der Waals surface area contributed by atoms with Crippen molar-refractivity contribution in [3.05, 3.63) is 0 Å². The fourth-order valence-electron chi connectivity index (χ4n) is 2.07. The number of unbranched alkanes of at least 4 members (excludes halogenated alkanes) is 9. The lowest BCUT2D eigenvalue weighted by molar-refractivity contribution is -0.870. The van der Waals surface area contributed by atoms with E-state index in [4.69, 9.17) is 5.11 Å². The fourth-order valence-corrected chi connectivity index (χ4v) is 2.62. The molecule has 1 N–H and O–H groups in total. The molecule has 0 aliphatic rings. The van der Waals surface area contributed by atoms with Gasteiger partial charge in [0.05, 0.1) is 37.9 Å². The standard InChI is InChI=1S/C12H26O3S.C5H14NO/c1-2-3-4-5-6-7-8-9-10-11-12-16(13,14)15;1-6(2,3)4-5-7/h2-12H2,1H3,(H,13,14,15);7H,4-5H2,1-3H3/q;+1/p-1. The van der Waals surface area contributed by atoms with E-state index >= 15 is 0 Å². The lowest BCUT2D eigenvalue weighted by Crippen LogP contribution is -2.36. The van der Waals surface area contributed by atoms with Crippen LogP contribution in [0.1, 0.15) is 71.1 Å². The van der Waals surface area contributed by atoms with Crippen LogP contribution in [0.5, 0.6) is 0 Å². The molecule has 0 rings (SSSR count). The second-order valence-corrected chi connectivity index (χ2v) is 8.70. The Labute approximate surface area is 144 Å². The number of aliphatic hydroxyl groups is 1. The Morgan fingerprint density at radius 3 is 1.48 bits per heavy atom. The summed E-state index contributed by atoms with van der Waals surface area (Å²) in [6.45, 7) is 3.33. The Morgan fingerprint density at radius 2 is 1.22 bits per heavy atom. The zero-order chi connectivity index (χ0) is 18.2. The number of likely N-dealkylation sites (N-methyl/N-ethyl adjacent to an activating group) is 1. The Kier molecular flexibility index (Phi) is 16.7. The van der Waals surface area contributed by atoms with Crippen LogP contribution in [-0.4, -0.2) is 62.6 Å². The largest absolute Gasteiger partial charge is 0.748 e. The summed E-state index contributed by atoms with van der Waals surface area (Å²) in [6, 6.07) is 0. The average molecular weight is 354 g/mol. The molecule has 0 spiro atoms. The predicted molar refractivity (Wildman–Crippen MR) is 96.4 cm³/mol. The molecule has 0 fully saturated rings. The molecule has 0 radical (unpaired) electrons. The molecule has 5 nitrogen and oxygen atoms in total. The molecule has 0 aliphatic carbocycles. The second-order valence-electron chi connectivity index (χ2n) is 7.18. The normalized spacial score (nSPS) is 11.9. The van der Waals surface area contributed by atoms with E-state index in [9.17, 15) is 13.0 Å². The maximum Gasteiger partial charge on any atom is 0.101 e. The molecule has 0 aromatic rings. The first-order valence-electron chi connectivity index (χ1n) is 8.97. The molecule has 0 heterocycles. The van der Waals surface area contributed by atoms with Gasteiger partial charge in [0.1, 0.15) is 6.54 Å². The molecule has 0 aromatic heterocycles. The molecule has 0 aromatic carbocycles. The highest BCUT2D eigenvalue weighted by Gasteiger charge is 2.02. The van der Waals surface area contributed by atoms with E-state index in [0.29, 0.717) is 6.42 Å². The first-order valence-corrected chi connectivity index (χ1v) is 10.5. The summed E-state index contributed by atoms with van der Waals surface area (Å²) in [6.07, 6.45) is 11.4. The Morgan fingerprint density at radius 1 is 0.826 bits per heavy atom. The third-order valence-electron chi connectivity index (χ3n) is 3.52. The lowest BCUT2D eigenvalue weighted by Gasteiger charge is -2.21. The van der Waals surface area contributed by atoms with Gasteiger partial charge in [-0.1, -0.05) is 64.7 Å². The number of nitrogens with zero attached hydrogens (tertiary/aromatic N) is 1. The molecule has 0 atom stereocenters. The third-order valence-corrected chi connectivity index (χ3v) is 4.31. The van der Waals surface area contributed by atoms with Gasteiger partial charge in [0.2, 0.25) is 0 Å². The predicted octanol–water partition coefficient (Wildman–Crippen LogP) is 3.14. The molecule has 0 saturated carbocycles. The summed E-state index contributed by atoms with van der Waals surface area (Å²) in [4.78, 5) is 0. The van der Waals surface area contributed by atoms with Crippen LogP contribution in [0.2, 0.25) is 0 Å². The van der Waals surface area contributed by atoms with Crippen molar-refractivity contribution in [2.75, 3.05) is 40.0 Å². The maximum absolute atomic E-state index is 10.3. The zero-order valence-electron chi connectivity index (χ0n) is 15.7. The van der Waals surface area contributed by atoms with Crippen molar-refractivity contribution in [1.82, 2.24) is 0 Å². The third kappa shape index (κ3) is 30.3. The van der Waals surface area contributed by atoms with E-state index in [-0.39, 0.29) is 12.4 Å². The van der Waals surface area contributed by atoms with Crippen LogP contribution in [0, 0.1) is 0 Å². The molecular formula is C17H39NO4S. The maximum atomic E-state index is 10.3. The minimum Gasteiger partial charge on any atom is -0.748 e. The van der Waals surface area contributed by atoms with Gasteiger partial charge in [-0.2, -0.15) is 0 Å². The zero-order valence-corrected chi connectivity index (χ0v) is 16.5. The summed E-state index contributed by atoms with van der Waals surface area (Å²) in [5, 5.41) is 8.39. The molecule has 0 bridgehead atoms. The van der Waals surface area contributed by atoms with Crippen molar-refractivity contribution in [2.24, 2.45) is 0 Å². The molecule has 0 unspecified atom stereocenters. The van der Waals surface area contributed by atoms with Crippen LogP contribution in [0.3, 0.4) is 0 Å². The molecule has 0 saturated heterocycles. The Balaban J connectivity index is 0. The van der Waals surface area contributed by atoms with Crippen molar-refractivity contribution < 1.29 is 22.6 Å². The Bertz CT molecular complexity index is 337. The summed E-state index contributed by atoms with van der Waals surface area (Å²) in [7, 11) is 2.17. The van der Waals surface area contributed by atoms with Crippen molar-refractivity contribution in [3.8, 4) is 0 Å². The van der Waals surface area contributed by atoms with Crippen molar-refractivity contribution >= 4 is 10.1 Å². The fraction of sp³-hybridized carbons (Fsp3) is 1.00. The highest BCUT2D eigenvalue weighted by molar-refractivity contribution is 7.85. The molecule has 0 amide bonds. The minimum absolute atomic E-state index is 0.191. The summed E-state index contributed by atoms with van der Waals surface area (Å²) in [5.74, 6) is -0.191. The molecule has 6 heteroatoms. The summed E-state index contributed by atoms with van der Waals surface area (Å²) < 4.78 is 31.8. The highest BCUT2D eigenvalue weighted by atomic mass is 32.2. The van der Waals surface area contributed by atoms with Gasteiger partial charge in [-0.05, 0) is 6.42 Å². The van der Waals surface area contributed by atoms with Crippen LogP contribution in [0.4, 0.5) is 0 Å². The average Bonchev–Trinajstić information content (AvgIpc) is 2.39. The van der Waals surface area contributed by atoms with Gasteiger partial charge in [-0.15, -0.1) is 0 Å². The molecular weight excluding hydrogens is 314 g/mol. The SMILES string of the molecule is CCCCCCCCCCCCS(=O)(=O)[O-].C[N+](C)(C)CCO. The van der Waals surface area contributed by atoms with Crippen LogP contribution in [0.15, 0.2) is 0 Å². The van der Waals surface area contributed by atoms with E-state index in [0.717, 1.165) is 23.9 Å². The molecule has 23 heavy (non-hydrogen) atoms. The second kappa shape index (κ2) is 15.4. The summed E-state index contributed by atoms with van der Waals surface area (Å²) in [5.41, 5.74) is 0. The lowest BCUT2D eigenvalue weighted by atomic mass is 10.1. The van der Waals surface area contributed by atoms with Gasteiger partial charge in [0, 0.05) is 5.75 Å². The Hall–Kier alpha value is -0.170. The van der Waals surface area contributed by atoms with E-state index in [1.54, 1.807) is 0 Å². The minimum atomic E-state index is -3.98. The van der Waals surface area contributed by atoms with Gasteiger partial charge in [-0.3, -0.25) is 0 Å². The van der Waals surface area contributed by atoms with E-state index in [1.807, 2.05) is 0 Å².